The van der Waals surface area contributed by atoms with Crippen LogP contribution in [0.1, 0.15) is 33.7 Å². The normalized spacial score (nSPS) is 16.8. The third-order valence-corrected chi connectivity index (χ3v) is 5.82. The third kappa shape index (κ3) is 3.82. The number of para-hydroxylation sites is 1. The first-order valence-electron chi connectivity index (χ1n) is 9.10. The number of piperidine rings is 1. The molecule has 1 fully saturated rings. The first-order chi connectivity index (χ1) is 13.6. The van der Waals surface area contributed by atoms with Gasteiger partial charge in [0.15, 0.2) is 5.13 Å². The van der Waals surface area contributed by atoms with Crippen LogP contribution in [0.15, 0.2) is 42.6 Å². The van der Waals surface area contributed by atoms with Crippen molar-refractivity contribution in [1.82, 2.24) is 15.3 Å². The number of methoxy groups -OCH3 is 1. The van der Waals surface area contributed by atoms with E-state index in [1.807, 2.05) is 18.2 Å². The van der Waals surface area contributed by atoms with E-state index in [0.717, 1.165) is 30.0 Å². The second-order valence-electron chi connectivity index (χ2n) is 6.65. The first kappa shape index (κ1) is 18.4. The summed E-state index contributed by atoms with van der Waals surface area (Å²) in [5.74, 6) is -0.717. The van der Waals surface area contributed by atoms with Crippen LogP contribution in [0.25, 0.3) is 10.2 Å². The second-order valence-corrected chi connectivity index (χ2v) is 7.66. The summed E-state index contributed by atoms with van der Waals surface area (Å²) in [7, 11) is 1.31. The molecule has 1 N–H and O–H groups in total. The Hall–Kier alpha value is -3.00. The van der Waals surface area contributed by atoms with Gasteiger partial charge < -0.3 is 15.0 Å². The quantitative estimate of drug-likeness (QED) is 0.683. The number of hydrogen-bond acceptors (Lipinski definition) is 7. The van der Waals surface area contributed by atoms with Crippen LogP contribution in [0.5, 0.6) is 0 Å². The van der Waals surface area contributed by atoms with Gasteiger partial charge >= 0.3 is 5.97 Å². The van der Waals surface area contributed by atoms with Crippen molar-refractivity contribution in [3.05, 3.63) is 53.9 Å². The van der Waals surface area contributed by atoms with Crippen LogP contribution in [0.2, 0.25) is 0 Å². The summed E-state index contributed by atoms with van der Waals surface area (Å²) in [5, 5.41) is 4.04. The number of carbonyl (C=O) groups excluding carboxylic acids is 2. The van der Waals surface area contributed by atoms with E-state index in [-0.39, 0.29) is 17.6 Å². The highest BCUT2D eigenvalue weighted by Gasteiger charge is 2.24. The number of benzene rings is 1. The summed E-state index contributed by atoms with van der Waals surface area (Å²) in [4.78, 5) is 35.0. The van der Waals surface area contributed by atoms with E-state index in [9.17, 15) is 9.59 Å². The van der Waals surface area contributed by atoms with Crippen molar-refractivity contribution >= 4 is 38.6 Å². The number of carbonyl (C=O) groups is 2. The van der Waals surface area contributed by atoms with E-state index in [1.165, 1.54) is 24.1 Å². The largest absolute Gasteiger partial charge is 0.465 e. The topological polar surface area (TPSA) is 84.4 Å². The smallest absolute Gasteiger partial charge is 0.339 e. The number of hydrogen-bond donors (Lipinski definition) is 1. The zero-order valence-corrected chi connectivity index (χ0v) is 16.2. The molecule has 1 aromatic carbocycles. The number of ether oxygens (including phenoxy) is 1. The number of rotatable bonds is 4. The maximum atomic E-state index is 12.5. The summed E-state index contributed by atoms with van der Waals surface area (Å²) < 4.78 is 5.81. The number of anilines is 1. The monoisotopic (exact) mass is 396 g/mol. The van der Waals surface area contributed by atoms with Gasteiger partial charge in [0.05, 0.1) is 22.9 Å². The minimum Gasteiger partial charge on any atom is -0.465 e. The maximum Gasteiger partial charge on any atom is 0.339 e. The van der Waals surface area contributed by atoms with Gasteiger partial charge in [-0.2, -0.15) is 0 Å². The third-order valence-electron chi connectivity index (χ3n) is 4.73. The molecular formula is C20H20N4O3S. The Balaban J connectivity index is 1.41. The predicted octanol–water partition coefficient (Wildman–Crippen LogP) is 2.88. The van der Waals surface area contributed by atoms with Crippen LogP contribution in [0.4, 0.5) is 5.13 Å². The number of nitrogens with zero attached hydrogens (tertiary/aromatic N) is 3. The SMILES string of the molecule is COC(=O)c1ccc(C(=O)N[C@@H]2CCCN(c3nc4ccccc4s3)C2)nc1. The van der Waals surface area contributed by atoms with Gasteiger partial charge in [-0.1, -0.05) is 23.5 Å². The van der Waals surface area contributed by atoms with E-state index in [2.05, 4.69) is 26.0 Å². The standard InChI is InChI=1S/C20H20N4O3S/c1-27-19(26)13-8-9-16(21-11-13)18(25)22-14-5-4-10-24(12-14)20-23-15-6-2-3-7-17(15)28-20/h2-3,6-9,11,14H,4-5,10,12H2,1H3,(H,22,25)/t14-/m1/s1. The van der Waals surface area contributed by atoms with Crippen LogP contribution in [-0.2, 0) is 4.74 Å². The maximum absolute atomic E-state index is 12.5. The number of thiazole rings is 1. The molecule has 0 bridgehead atoms. The lowest BCUT2D eigenvalue weighted by molar-refractivity contribution is 0.0599. The summed E-state index contributed by atoms with van der Waals surface area (Å²) in [5.41, 5.74) is 1.60. The molecular weight excluding hydrogens is 376 g/mol. The minimum atomic E-state index is -0.474. The molecule has 0 saturated carbocycles. The van der Waals surface area contributed by atoms with Crippen LogP contribution in [0, 0.1) is 0 Å². The van der Waals surface area contributed by atoms with Crippen LogP contribution < -0.4 is 10.2 Å². The fraction of sp³-hybridized carbons (Fsp3) is 0.300. The highest BCUT2D eigenvalue weighted by molar-refractivity contribution is 7.22. The van der Waals surface area contributed by atoms with Gasteiger partial charge in [0.2, 0.25) is 0 Å². The Labute approximate surface area is 166 Å². The Morgan fingerprint density at radius 1 is 1.25 bits per heavy atom. The van der Waals surface area contributed by atoms with Gasteiger partial charge in [0.25, 0.3) is 5.91 Å². The van der Waals surface area contributed by atoms with Crippen LogP contribution in [-0.4, -0.2) is 48.1 Å². The molecule has 0 radical (unpaired) electrons. The lowest BCUT2D eigenvalue weighted by atomic mass is 10.1. The molecule has 7 nitrogen and oxygen atoms in total. The zero-order chi connectivity index (χ0) is 19.5. The Morgan fingerprint density at radius 3 is 2.86 bits per heavy atom. The molecule has 0 spiro atoms. The zero-order valence-electron chi connectivity index (χ0n) is 15.4. The molecule has 4 rings (SSSR count). The summed E-state index contributed by atoms with van der Waals surface area (Å²) >= 11 is 1.67. The van der Waals surface area contributed by atoms with E-state index in [0.29, 0.717) is 12.1 Å². The summed E-state index contributed by atoms with van der Waals surface area (Å²) in [6.45, 7) is 1.64. The predicted molar refractivity (Wildman–Crippen MR) is 108 cm³/mol. The highest BCUT2D eigenvalue weighted by atomic mass is 32.1. The van der Waals surface area contributed by atoms with Gasteiger partial charge in [-0.15, -0.1) is 0 Å². The van der Waals surface area contributed by atoms with Crippen LogP contribution in [0.3, 0.4) is 0 Å². The van der Waals surface area contributed by atoms with E-state index in [4.69, 9.17) is 4.98 Å². The molecule has 3 aromatic rings. The minimum absolute atomic E-state index is 0.0235. The summed E-state index contributed by atoms with van der Waals surface area (Å²) in [6.07, 6.45) is 3.25. The van der Waals surface area contributed by atoms with Gasteiger partial charge in [-0.3, -0.25) is 9.78 Å². The van der Waals surface area contributed by atoms with Crippen molar-refractivity contribution in [2.75, 3.05) is 25.1 Å². The van der Waals surface area contributed by atoms with Crippen LogP contribution >= 0.6 is 11.3 Å². The molecule has 1 aliphatic rings. The number of pyridine rings is 1. The lowest BCUT2D eigenvalue weighted by Gasteiger charge is -2.32. The van der Waals surface area contributed by atoms with Gasteiger partial charge in [0.1, 0.15) is 5.69 Å². The van der Waals surface area contributed by atoms with E-state index in [1.54, 1.807) is 17.4 Å². The highest BCUT2D eigenvalue weighted by Crippen LogP contribution is 2.30. The molecule has 1 amide bonds. The molecule has 0 aliphatic carbocycles. The number of nitrogens with one attached hydrogen (secondary N) is 1. The van der Waals surface area contributed by atoms with Crippen molar-refractivity contribution < 1.29 is 14.3 Å². The molecule has 1 saturated heterocycles. The van der Waals surface area contributed by atoms with Crippen molar-refractivity contribution in [2.45, 2.75) is 18.9 Å². The molecule has 28 heavy (non-hydrogen) atoms. The van der Waals surface area contributed by atoms with Gasteiger partial charge in [0, 0.05) is 25.3 Å². The van der Waals surface area contributed by atoms with Crippen molar-refractivity contribution in [1.29, 1.82) is 0 Å². The van der Waals surface area contributed by atoms with Gasteiger partial charge in [-0.05, 0) is 37.1 Å². The van der Waals surface area contributed by atoms with Crippen molar-refractivity contribution in [2.24, 2.45) is 0 Å². The van der Waals surface area contributed by atoms with Crippen molar-refractivity contribution in [3.63, 3.8) is 0 Å². The lowest BCUT2D eigenvalue weighted by Crippen LogP contribution is -2.48. The number of aromatic nitrogens is 2. The fourth-order valence-corrected chi connectivity index (χ4v) is 4.29. The number of fused-ring (bicyclic) bond motifs is 1. The second kappa shape index (κ2) is 7.93. The summed E-state index contributed by atoms with van der Waals surface area (Å²) in [6, 6.07) is 11.2. The van der Waals surface area contributed by atoms with E-state index < -0.39 is 5.97 Å². The molecule has 2 aromatic heterocycles. The molecule has 8 heteroatoms. The average molecular weight is 396 g/mol. The molecule has 3 heterocycles. The van der Waals surface area contributed by atoms with Crippen molar-refractivity contribution in [3.8, 4) is 0 Å². The molecule has 1 atom stereocenters. The van der Waals surface area contributed by atoms with Gasteiger partial charge in [-0.25, -0.2) is 9.78 Å². The molecule has 1 aliphatic heterocycles. The number of amides is 1. The Kier molecular flexibility index (Phi) is 5.21. The Bertz CT molecular complexity index is 969. The van der Waals surface area contributed by atoms with E-state index >= 15 is 0 Å². The molecule has 0 unspecified atom stereocenters. The average Bonchev–Trinajstić information content (AvgIpc) is 3.18. The fourth-order valence-electron chi connectivity index (χ4n) is 3.29. The molecule has 144 valence electrons. The number of esters is 1. The Morgan fingerprint density at radius 2 is 2.11 bits per heavy atom. The first-order valence-corrected chi connectivity index (χ1v) is 9.91.